The summed E-state index contributed by atoms with van der Waals surface area (Å²) in [7, 11) is 1.25. The zero-order valence-electron chi connectivity index (χ0n) is 11.5. The number of imide groups is 1. The van der Waals surface area contributed by atoms with Crippen molar-refractivity contribution in [3.63, 3.8) is 0 Å². The third-order valence-corrected chi connectivity index (χ3v) is 2.08. The first-order chi connectivity index (χ1) is 9.93. The maximum Gasteiger partial charge on any atom is 0.405 e. The van der Waals surface area contributed by atoms with E-state index in [2.05, 4.69) is 4.74 Å². The first-order valence-corrected chi connectivity index (χ1v) is 5.85. The SMILES string of the molecule is COCCN(CC(=O)NC(=O)NCC(F)(F)F)CC(F)(F)F. The van der Waals surface area contributed by atoms with Crippen LogP contribution >= 0.6 is 0 Å². The van der Waals surface area contributed by atoms with Gasteiger partial charge in [0.1, 0.15) is 6.54 Å². The number of halogens is 6. The van der Waals surface area contributed by atoms with E-state index in [9.17, 15) is 35.9 Å². The number of nitrogens with one attached hydrogen (secondary N) is 2. The van der Waals surface area contributed by atoms with Gasteiger partial charge in [-0.1, -0.05) is 0 Å². The van der Waals surface area contributed by atoms with Crippen molar-refractivity contribution in [2.24, 2.45) is 0 Å². The lowest BCUT2D eigenvalue weighted by Gasteiger charge is -2.22. The van der Waals surface area contributed by atoms with Gasteiger partial charge in [0.25, 0.3) is 0 Å². The van der Waals surface area contributed by atoms with Gasteiger partial charge in [-0.3, -0.25) is 15.0 Å². The summed E-state index contributed by atoms with van der Waals surface area (Å²) < 4.78 is 76.9. The molecule has 0 aromatic rings. The van der Waals surface area contributed by atoms with Crippen LogP contribution in [0.3, 0.4) is 0 Å². The molecular weight excluding hydrogens is 324 g/mol. The Balaban J connectivity index is 4.34. The standard InChI is InChI=1S/C10H15F6N3O3/c1-22-3-2-19(6-10(14,15)16)4-7(20)18-8(21)17-5-9(11,12)13/h2-6H2,1H3,(H2,17,18,20,21). The second-order valence-electron chi connectivity index (χ2n) is 4.16. The van der Waals surface area contributed by atoms with Crippen molar-refractivity contribution in [3.05, 3.63) is 0 Å². The summed E-state index contributed by atoms with van der Waals surface area (Å²) in [5.41, 5.74) is 0. The quantitative estimate of drug-likeness (QED) is 0.676. The summed E-state index contributed by atoms with van der Waals surface area (Å²) in [4.78, 5) is 23.0. The minimum Gasteiger partial charge on any atom is -0.383 e. The second kappa shape index (κ2) is 8.78. The van der Waals surface area contributed by atoms with Gasteiger partial charge in [-0.25, -0.2) is 4.79 Å². The van der Waals surface area contributed by atoms with Gasteiger partial charge in [0.15, 0.2) is 0 Å². The van der Waals surface area contributed by atoms with Crippen molar-refractivity contribution in [2.75, 3.05) is 39.9 Å². The van der Waals surface area contributed by atoms with E-state index >= 15 is 0 Å². The summed E-state index contributed by atoms with van der Waals surface area (Å²) >= 11 is 0. The van der Waals surface area contributed by atoms with E-state index in [1.54, 1.807) is 0 Å². The molecule has 0 aliphatic carbocycles. The largest absolute Gasteiger partial charge is 0.405 e. The number of carbonyl (C=O) groups is 2. The summed E-state index contributed by atoms with van der Waals surface area (Å²) in [5.74, 6) is -1.17. The van der Waals surface area contributed by atoms with Crippen LogP contribution in [0.2, 0.25) is 0 Å². The fraction of sp³-hybridized carbons (Fsp3) is 0.800. The molecule has 3 amide bonds. The molecule has 0 saturated heterocycles. The van der Waals surface area contributed by atoms with Crippen molar-refractivity contribution in [1.29, 1.82) is 0 Å². The lowest BCUT2D eigenvalue weighted by molar-refractivity contribution is -0.149. The molecular formula is C10H15F6N3O3. The number of urea groups is 1. The van der Waals surface area contributed by atoms with E-state index in [4.69, 9.17) is 0 Å². The highest BCUT2D eigenvalue weighted by molar-refractivity contribution is 5.95. The van der Waals surface area contributed by atoms with E-state index in [0.717, 1.165) is 0 Å². The van der Waals surface area contributed by atoms with Gasteiger partial charge >= 0.3 is 18.4 Å². The third-order valence-electron chi connectivity index (χ3n) is 2.08. The molecule has 0 unspecified atom stereocenters. The van der Waals surface area contributed by atoms with Crippen molar-refractivity contribution in [3.8, 4) is 0 Å². The van der Waals surface area contributed by atoms with Gasteiger partial charge in [0.2, 0.25) is 5.91 Å². The molecule has 0 atom stereocenters. The monoisotopic (exact) mass is 339 g/mol. The molecule has 2 N–H and O–H groups in total. The van der Waals surface area contributed by atoms with Crippen LogP contribution in [0.15, 0.2) is 0 Å². The molecule has 0 spiro atoms. The first-order valence-electron chi connectivity index (χ1n) is 5.85. The first kappa shape index (κ1) is 20.4. The van der Waals surface area contributed by atoms with E-state index in [1.807, 2.05) is 0 Å². The molecule has 6 nitrogen and oxygen atoms in total. The van der Waals surface area contributed by atoms with Crippen LogP contribution in [0.25, 0.3) is 0 Å². The second-order valence-corrected chi connectivity index (χ2v) is 4.16. The number of hydrogen-bond donors (Lipinski definition) is 2. The van der Waals surface area contributed by atoms with Crippen LogP contribution in [0.1, 0.15) is 0 Å². The van der Waals surface area contributed by atoms with Crippen LogP contribution in [0.5, 0.6) is 0 Å². The summed E-state index contributed by atoms with van der Waals surface area (Å²) in [6.45, 7) is -4.24. The zero-order chi connectivity index (χ0) is 17.4. The van der Waals surface area contributed by atoms with Crippen molar-refractivity contribution < 1.29 is 40.7 Å². The predicted octanol–water partition coefficient (Wildman–Crippen LogP) is 0.885. The molecule has 0 aliphatic rings. The Morgan fingerprint density at radius 3 is 2.14 bits per heavy atom. The molecule has 0 rings (SSSR count). The van der Waals surface area contributed by atoms with Crippen LogP contribution in [-0.2, 0) is 9.53 Å². The Morgan fingerprint density at radius 2 is 1.68 bits per heavy atom. The number of nitrogens with zero attached hydrogens (tertiary/aromatic N) is 1. The number of carbonyl (C=O) groups excluding carboxylic acids is 2. The molecule has 0 bridgehead atoms. The van der Waals surface area contributed by atoms with Crippen LogP contribution in [-0.4, -0.2) is 69.1 Å². The fourth-order valence-corrected chi connectivity index (χ4v) is 1.28. The minimum absolute atomic E-state index is 0.0936. The number of methoxy groups -OCH3 is 1. The molecule has 0 aromatic heterocycles. The Bertz CT molecular complexity index is 372. The van der Waals surface area contributed by atoms with Gasteiger partial charge in [-0.15, -0.1) is 0 Å². The lowest BCUT2D eigenvalue weighted by atomic mass is 10.4. The highest BCUT2D eigenvalue weighted by Crippen LogP contribution is 2.16. The molecule has 0 fully saturated rings. The van der Waals surface area contributed by atoms with Gasteiger partial charge < -0.3 is 10.1 Å². The Kier molecular flexibility index (Phi) is 8.16. The van der Waals surface area contributed by atoms with E-state index < -0.39 is 43.9 Å². The molecule has 12 heteroatoms. The smallest absolute Gasteiger partial charge is 0.383 e. The maximum atomic E-state index is 12.3. The Morgan fingerprint density at radius 1 is 1.09 bits per heavy atom. The van der Waals surface area contributed by atoms with Crippen molar-refractivity contribution in [1.82, 2.24) is 15.5 Å². The van der Waals surface area contributed by atoms with E-state index in [1.165, 1.54) is 17.7 Å². The number of amides is 3. The lowest BCUT2D eigenvalue weighted by Crippen LogP contribution is -2.48. The van der Waals surface area contributed by atoms with Crippen LogP contribution in [0.4, 0.5) is 31.1 Å². The highest BCUT2D eigenvalue weighted by Gasteiger charge is 2.32. The predicted molar refractivity (Wildman–Crippen MR) is 62.0 cm³/mol. The molecule has 0 heterocycles. The normalized spacial score (nSPS) is 12.4. The van der Waals surface area contributed by atoms with Gasteiger partial charge in [-0.05, 0) is 0 Å². The molecule has 0 saturated carbocycles. The van der Waals surface area contributed by atoms with Gasteiger partial charge in [0.05, 0.1) is 19.7 Å². The summed E-state index contributed by atoms with van der Waals surface area (Å²) in [6, 6.07) is -1.44. The third kappa shape index (κ3) is 12.2. The highest BCUT2D eigenvalue weighted by atomic mass is 19.4. The molecule has 130 valence electrons. The summed E-state index contributed by atoms with van der Waals surface area (Å²) in [6.07, 6.45) is -9.24. The summed E-state index contributed by atoms with van der Waals surface area (Å²) in [5, 5.41) is 2.86. The Labute approximate surface area is 121 Å². The topological polar surface area (TPSA) is 70.7 Å². The average molecular weight is 339 g/mol. The number of alkyl halides is 6. The van der Waals surface area contributed by atoms with Crippen LogP contribution < -0.4 is 10.6 Å². The Hall–Kier alpha value is -1.56. The average Bonchev–Trinajstić information content (AvgIpc) is 2.30. The van der Waals surface area contributed by atoms with Crippen LogP contribution in [0, 0.1) is 0 Å². The van der Waals surface area contributed by atoms with E-state index in [-0.39, 0.29) is 13.2 Å². The number of hydrogen-bond acceptors (Lipinski definition) is 4. The molecule has 0 aromatic carbocycles. The van der Waals surface area contributed by atoms with Crippen molar-refractivity contribution >= 4 is 11.9 Å². The fourth-order valence-electron chi connectivity index (χ4n) is 1.28. The number of ether oxygens (including phenoxy) is 1. The van der Waals surface area contributed by atoms with Gasteiger partial charge in [0, 0.05) is 13.7 Å². The number of rotatable bonds is 7. The van der Waals surface area contributed by atoms with Crippen molar-refractivity contribution in [2.45, 2.75) is 12.4 Å². The molecule has 0 radical (unpaired) electrons. The molecule has 22 heavy (non-hydrogen) atoms. The van der Waals surface area contributed by atoms with E-state index in [0.29, 0.717) is 4.90 Å². The minimum atomic E-state index is -4.67. The maximum absolute atomic E-state index is 12.3. The zero-order valence-corrected chi connectivity index (χ0v) is 11.5. The molecule has 0 aliphatic heterocycles. The van der Waals surface area contributed by atoms with Gasteiger partial charge in [-0.2, -0.15) is 26.3 Å².